The van der Waals surface area contributed by atoms with Crippen molar-refractivity contribution in [3.8, 4) is 0 Å². The molecule has 0 amide bonds. The maximum absolute atomic E-state index is 13.4. The Hall–Kier alpha value is -3.87. The molecule has 7 nitrogen and oxygen atoms in total. The second kappa shape index (κ2) is 9.33. The first-order valence-electron chi connectivity index (χ1n) is 14.6. The molecule has 41 heavy (non-hydrogen) atoms. The van der Waals surface area contributed by atoms with Gasteiger partial charge in [0.1, 0.15) is 5.57 Å². The summed E-state index contributed by atoms with van der Waals surface area (Å²) in [6.45, 7) is 4.82. The molecule has 0 atom stereocenters. The van der Waals surface area contributed by atoms with Gasteiger partial charge in [0.2, 0.25) is 0 Å². The number of carbonyl (C=O) groups is 3. The number of ether oxygens (including phenoxy) is 3. The summed E-state index contributed by atoms with van der Waals surface area (Å²) in [4.78, 5) is 40.9. The highest BCUT2D eigenvalue weighted by Crippen LogP contribution is 2.61. The van der Waals surface area contributed by atoms with E-state index in [2.05, 4.69) is 30.9 Å². The molecule has 0 radical (unpaired) electrons. The molecule has 6 aliphatic rings. The Morgan fingerprint density at radius 2 is 1.51 bits per heavy atom. The smallest absolute Gasteiger partial charge is 0.348 e. The van der Waals surface area contributed by atoms with Gasteiger partial charge in [0.15, 0.2) is 0 Å². The van der Waals surface area contributed by atoms with Gasteiger partial charge in [-0.15, -0.1) is 0 Å². The molecule has 2 aromatic carbocycles. The third kappa shape index (κ3) is 4.03. The molecule has 4 saturated carbocycles. The predicted molar refractivity (Wildman–Crippen MR) is 152 cm³/mol. The van der Waals surface area contributed by atoms with Crippen LogP contribution in [0.3, 0.4) is 0 Å². The Kier molecular flexibility index (Phi) is 5.93. The molecule has 4 bridgehead atoms. The first-order valence-corrected chi connectivity index (χ1v) is 14.6. The van der Waals surface area contributed by atoms with E-state index in [4.69, 9.17) is 14.2 Å². The summed E-state index contributed by atoms with van der Waals surface area (Å²) < 4.78 is 17.0. The fourth-order valence-corrected chi connectivity index (χ4v) is 8.33. The molecule has 1 saturated heterocycles. The SMILES string of the molecule is COC(=O)c1ccc(CN2C(=CC=C3C(=O)OC4(OC3=O)C3CC5CC(C3)CC4C5)C(C)(C)c3ccccc32)cc1. The van der Waals surface area contributed by atoms with E-state index in [0.29, 0.717) is 23.9 Å². The molecule has 1 spiro atoms. The number of fused-ring (bicyclic) bond motifs is 1. The Bertz CT molecular complexity index is 1450. The maximum atomic E-state index is 13.4. The number of hydrogen-bond donors (Lipinski definition) is 0. The molecule has 0 N–H and O–H groups in total. The fraction of sp³-hybridized carbons (Fsp3) is 0.441. The van der Waals surface area contributed by atoms with Crippen LogP contribution in [-0.2, 0) is 35.8 Å². The summed E-state index contributed by atoms with van der Waals surface area (Å²) in [5, 5.41) is 0. The van der Waals surface area contributed by atoms with Crippen LogP contribution >= 0.6 is 0 Å². The van der Waals surface area contributed by atoms with Crippen molar-refractivity contribution < 1.29 is 28.6 Å². The quantitative estimate of drug-likeness (QED) is 0.268. The highest BCUT2D eigenvalue weighted by atomic mass is 16.7. The lowest BCUT2D eigenvalue weighted by atomic mass is 9.53. The van der Waals surface area contributed by atoms with Gasteiger partial charge in [0.05, 0.1) is 12.7 Å². The number of nitrogens with zero attached hydrogens (tertiary/aromatic N) is 1. The Morgan fingerprint density at radius 3 is 2.12 bits per heavy atom. The molecule has 0 aromatic heterocycles. The van der Waals surface area contributed by atoms with Gasteiger partial charge in [-0.25, -0.2) is 14.4 Å². The molecule has 7 heteroatoms. The van der Waals surface area contributed by atoms with Crippen molar-refractivity contribution in [1.82, 2.24) is 0 Å². The maximum Gasteiger partial charge on any atom is 0.348 e. The van der Waals surface area contributed by atoms with Crippen LogP contribution in [0.2, 0.25) is 0 Å². The van der Waals surface area contributed by atoms with Gasteiger partial charge in [-0.2, -0.15) is 0 Å². The van der Waals surface area contributed by atoms with Crippen LogP contribution in [0.1, 0.15) is 67.4 Å². The van der Waals surface area contributed by atoms with Crippen molar-refractivity contribution in [1.29, 1.82) is 0 Å². The zero-order chi connectivity index (χ0) is 28.5. The zero-order valence-corrected chi connectivity index (χ0v) is 23.7. The number of carbonyl (C=O) groups excluding carboxylic acids is 3. The van der Waals surface area contributed by atoms with Crippen molar-refractivity contribution in [2.75, 3.05) is 12.0 Å². The van der Waals surface area contributed by atoms with Gasteiger partial charge < -0.3 is 19.1 Å². The van der Waals surface area contributed by atoms with E-state index in [1.165, 1.54) is 13.5 Å². The number of hydrogen-bond acceptors (Lipinski definition) is 7. The molecular weight excluding hydrogens is 518 g/mol. The Balaban J connectivity index is 1.19. The molecule has 4 aliphatic carbocycles. The number of rotatable bonds is 4. The first-order chi connectivity index (χ1) is 19.7. The van der Waals surface area contributed by atoms with Crippen molar-refractivity contribution in [3.63, 3.8) is 0 Å². The Labute approximate surface area is 240 Å². The zero-order valence-electron chi connectivity index (χ0n) is 23.7. The average molecular weight is 554 g/mol. The minimum atomic E-state index is -1.09. The predicted octanol–water partition coefficient (Wildman–Crippen LogP) is 5.83. The molecule has 0 unspecified atom stereocenters. The summed E-state index contributed by atoms with van der Waals surface area (Å²) in [6.07, 6.45) is 8.57. The van der Waals surface area contributed by atoms with Crippen LogP contribution in [0.5, 0.6) is 0 Å². The van der Waals surface area contributed by atoms with E-state index in [9.17, 15) is 14.4 Å². The molecular formula is C34H35NO6. The molecule has 2 heterocycles. The standard InChI is InChI=1S/C34H35NO6/c1-33(2)27-6-4-5-7-28(27)35(19-20-8-10-23(11-9-20)30(36)39-3)29(33)13-12-26-31(37)40-34(41-32(26)38)24-15-21-14-22(17-24)18-25(34)16-21/h4-13,21-22,24-25H,14-19H2,1-3H3. The molecule has 212 valence electrons. The Morgan fingerprint density at radius 1 is 0.902 bits per heavy atom. The van der Waals surface area contributed by atoms with Crippen LogP contribution in [0, 0.1) is 23.7 Å². The van der Waals surface area contributed by atoms with Crippen molar-refractivity contribution in [3.05, 3.63) is 88.6 Å². The lowest BCUT2D eigenvalue weighted by molar-refractivity contribution is -0.313. The number of benzene rings is 2. The van der Waals surface area contributed by atoms with E-state index in [1.54, 1.807) is 18.2 Å². The minimum Gasteiger partial charge on any atom is -0.465 e. The summed E-state index contributed by atoms with van der Waals surface area (Å²) in [7, 11) is 1.37. The fourth-order valence-electron chi connectivity index (χ4n) is 8.33. The van der Waals surface area contributed by atoms with Crippen LogP contribution in [-0.4, -0.2) is 30.8 Å². The van der Waals surface area contributed by atoms with Gasteiger partial charge in [0.25, 0.3) is 5.79 Å². The third-order valence-corrected chi connectivity index (χ3v) is 10.1. The van der Waals surface area contributed by atoms with E-state index in [0.717, 1.165) is 48.2 Å². The van der Waals surface area contributed by atoms with E-state index in [1.807, 2.05) is 30.3 Å². The van der Waals surface area contributed by atoms with E-state index in [-0.39, 0.29) is 28.8 Å². The minimum absolute atomic E-state index is 0.0638. The molecule has 2 aromatic rings. The molecule has 2 aliphatic heterocycles. The highest BCUT2D eigenvalue weighted by Gasteiger charge is 2.64. The number of allylic oxidation sites excluding steroid dienone is 3. The van der Waals surface area contributed by atoms with Crippen molar-refractivity contribution in [2.45, 2.75) is 63.7 Å². The van der Waals surface area contributed by atoms with Crippen molar-refractivity contribution >= 4 is 23.6 Å². The number of methoxy groups -OCH3 is 1. The number of esters is 3. The summed E-state index contributed by atoms with van der Waals surface area (Å²) in [5.74, 6) is -1.08. The summed E-state index contributed by atoms with van der Waals surface area (Å²) in [5.41, 5.74) is 4.20. The lowest BCUT2D eigenvalue weighted by Crippen LogP contribution is -2.63. The summed E-state index contributed by atoms with van der Waals surface area (Å²) >= 11 is 0. The topological polar surface area (TPSA) is 82.1 Å². The van der Waals surface area contributed by atoms with Gasteiger partial charge in [0, 0.05) is 35.2 Å². The van der Waals surface area contributed by atoms with Crippen LogP contribution in [0.15, 0.2) is 72.0 Å². The largest absolute Gasteiger partial charge is 0.465 e. The monoisotopic (exact) mass is 553 g/mol. The summed E-state index contributed by atoms with van der Waals surface area (Å²) in [6, 6.07) is 15.5. The number of anilines is 1. The second-order valence-electron chi connectivity index (χ2n) is 12.9. The van der Waals surface area contributed by atoms with Crippen LogP contribution in [0.25, 0.3) is 0 Å². The van der Waals surface area contributed by atoms with Crippen molar-refractivity contribution in [2.24, 2.45) is 23.7 Å². The third-order valence-electron chi connectivity index (χ3n) is 10.1. The van der Waals surface area contributed by atoms with Crippen LogP contribution < -0.4 is 4.90 Å². The van der Waals surface area contributed by atoms with E-state index >= 15 is 0 Å². The molecule has 8 rings (SSSR count). The van der Waals surface area contributed by atoms with Gasteiger partial charge in [-0.1, -0.05) is 44.2 Å². The normalized spacial score (nSPS) is 31.7. The molecule has 5 fully saturated rings. The van der Waals surface area contributed by atoms with Gasteiger partial charge >= 0.3 is 17.9 Å². The van der Waals surface area contributed by atoms with Gasteiger partial charge in [-0.3, -0.25) is 0 Å². The first kappa shape index (κ1) is 26.1. The lowest BCUT2D eigenvalue weighted by Gasteiger charge is -2.59. The average Bonchev–Trinajstić information content (AvgIpc) is 3.16. The van der Waals surface area contributed by atoms with Gasteiger partial charge in [-0.05, 0) is 85.4 Å². The van der Waals surface area contributed by atoms with E-state index < -0.39 is 17.7 Å². The number of para-hydroxylation sites is 1. The second-order valence-corrected chi connectivity index (χ2v) is 12.9. The highest BCUT2D eigenvalue weighted by molar-refractivity contribution is 6.15. The van der Waals surface area contributed by atoms with Crippen LogP contribution in [0.4, 0.5) is 5.69 Å².